The minimum Gasteiger partial charge on any atom is -0.372 e. The number of benzene rings is 1. The number of hydrogen-bond acceptors (Lipinski definition) is 2. The smallest absolute Gasteiger partial charge is 0.0749 e. The van der Waals surface area contributed by atoms with Crippen LogP contribution in [-0.4, -0.2) is 12.6 Å². The molecule has 0 bridgehead atoms. The molecule has 0 spiro atoms. The molecule has 0 amide bonds. The maximum Gasteiger partial charge on any atom is 0.0749 e. The largest absolute Gasteiger partial charge is 0.372 e. The Morgan fingerprint density at radius 3 is 2.44 bits per heavy atom. The van der Waals surface area contributed by atoms with Crippen molar-refractivity contribution in [3.63, 3.8) is 0 Å². The van der Waals surface area contributed by atoms with E-state index in [4.69, 9.17) is 10.5 Å². The quantitative estimate of drug-likeness (QED) is 0.921. The van der Waals surface area contributed by atoms with Crippen molar-refractivity contribution in [1.82, 2.24) is 0 Å². The van der Waals surface area contributed by atoms with Gasteiger partial charge in [0.15, 0.2) is 0 Å². The van der Waals surface area contributed by atoms with Gasteiger partial charge in [-0.2, -0.15) is 0 Å². The molecule has 0 heterocycles. The molecule has 0 aliphatic carbocycles. The van der Waals surface area contributed by atoms with Gasteiger partial charge < -0.3 is 10.5 Å². The average Bonchev–Trinajstić information content (AvgIpc) is 2.19. The number of ether oxygens (including phenoxy) is 1. The van der Waals surface area contributed by atoms with E-state index in [0.717, 1.165) is 10.0 Å². The summed E-state index contributed by atoms with van der Waals surface area (Å²) in [5.74, 6) is 0. The van der Waals surface area contributed by atoms with Crippen molar-refractivity contribution in [2.24, 2.45) is 11.1 Å². The fraction of sp³-hybridized carbons (Fsp3) is 0.538. The molecule has 90 valence electrons. The first-order valence-electron chi connectivity index (χ1n) is 5.50. The average molecular weight is 286 g/mol. The summed E-state index contributed by atoms with van der Waals surface area (Å²) in [6, 6.07) is 8.09. The molecule has 2 N–H and O–H groups in total. The van der Waals surface area contributed by atoms with Gasteiger partial charge in [0.05, 0.1) is 12.7 Å². The standard InChI is InChI=1S/C13H20BrNO/c1-13(2,3)12(8-15)16-9-10-6-4-5-7-11(10)14/h4-7,12H,8-9,15H2,1-3H3. The second-order valence-electron chi connectivity index (χ2n) is 4.99. The first-order chi connectivity index (χ1) is 7.45. The van der Waals surface area contributed by atoms with Gasteiger partial charge in [-0.25, -0.2) is 0 Å². The molecule has 0 aliphatic heterocycles. The van der Waals surface area contributed by atoms with Gasteiger partial charge >= 0.3 is 0 Å². The van der Waals surface area contributed by atoms with Gasteiger partial charge in [-0.05, 0) is 17.0 Å². The van der Waals surface area contributed by atoms with Crippen molar-refractivity contribution in [3.05, 3.63) is 34.3 Å². The summed E-state index contributed by atoms with van der Waals surface area (Å²) in [4.78, 5) is 0. The van der Waals surface area contributed by atoms with Crippen LogP contribution in [0.5, 0.6) is 0 Å². The summed E-state index contributed by atoms with van der Waals surface area (Å²) < 4.78 is 6.95. The van der Waals surface area contributed by atoms with Gasteiger partial charge in [-0.15, -0.1) is 0 Å². The zero-order valence-electron chi connectivity index (χ0n) is 10.2. The van der Waals surface area contributed by atoms with E-state index >= 15 is 0 Å². The van der Waals surface area contributed by atoms with Crippen LogP contribution in [0.2, 0.25) is 0 Å². The lowest BCUT2D eigenvalue weighted by Gasteiger charge is -2.29. The maximum atomic E-state index is 5.87. The number of hydrogen-bond donors (Lipinski definition) is 1. The minimum atomic E-state index is 0.0794. The third-order valence-electron chi connectivity index (χ3n) is 2.58. The third-order valence-corrected chi connectivity index (χ3v) is 3.35. The molecule has 0 radical (unpaired) electrons. The molecular formula is C13H20BrNO. The Labute approximate surface area is 106 Å². The van der Waals surface area contributed by atoms with Crippen LogP contribution in [0, 0.1) is 5.41 Å². The molecule has 3 heteroatoms. The Bertz CT molecular complexity index is 333. The van der Waals surface area contributed by atoms with Gasteiger partial charge in [0.2, 0.25) is 0 Å². The molecule has 1 aromatic carbocycles. The molecule has 0 saturated carbocycles. The lowest BCUT2D eigenvalue weighted by molar-refractivity contribution is -0.0218. The molecule has 0 aliphatic rings. The second kappa shape index (κ2) is 5.80. The van der Waals surface area contributed by atoms with Crippen molar-refractivity contribution < 1.29 is 4.74 Å². The van der Waals surface area contributed by atoms with Crippen molar-refractivity contribution in [3.8, 4) is 0 Å². The van der Waals surface area contributed by atoms with Crippen molar-refractivity contribution in [1.29, 1.82) is 0 Å². The van der Waals surface area contributed by atoms with E-state index in [9.17, 15) is 0 Å². The molecule has 1 aromatic rings. The summed E-state index contributed by atoms with van der Waals surface area (Å²) in [6.07, 6.45) is 0.0830. The van der Waals surface area contributed by atoms with Crippen LogP contribution in [0.3, 0.4) is 0 Å². The summed E-state index contributed by atoms with van der Waals surface area (Å²) >= 11 is 3.51. The molecular weight excluding hydrogens is 266 g/mol. The first kappa shape index (κ1) is 13.7. The van der Waals surface area contributed by atoms with Crippen LogP contribution < -0.4 is 5.73 Å². The lowest BCUT2D eigenvalue weighted by atomic mass is 9.89. The van der Waals surface area contributed by atoms with Crippen LogP contribution in [0.4, 0.5) is 0 Å². The summed E-state index contributed by atoms with van der Waals surface area (Å²) in [5, 5.41) is 0. The van der Waals surface area contributed by atoms with E-state index in [1.54, 1.807) is 0 Å². The highest BCUT2D eigenvalue weighted by Gasteiger charge is 2.23. The molecule has 2 nitrogen and oxygen atoms in total. The zero-order valence-corrected chi connectivity index (χ0v) is 11.8. The zero-order chi connectivity index (χ0) is 12.2. The van der Waals surface area contributed by atoms with Crippen LogP contribution in [0.1, 0.15) is 26.3 Å². The van der Waals surface area contributed by atoms with Crippen molar-refractivity contribution in [2.45, 2.75) is 33.5 Å². The van der Waals surface area contributed by atoms with E-state index in [0.29, 0.717) is 13.2 Å². The fourth-order valence-corrected chi connectivity index (χ4v) is 1.88. The molecule has 1 atom stereocenters. The van der Waals surface area contributed by atoms with E-state index in [1.165, 1.54) is 0 Å². The van der Waals surface area contributed by atoms with E-state index in [-0.39, 0.29) is 11.5 Å². The van der Waals surface area contributed by atoms with E-state index < -0.39 is 0 Å². The highest BCUT2D eigenvalue weighted by atomic mass is 79.9. The predicted molar refractivity (Wildman–Crippen MR) is 71.2 cm³/mol. The normalized spacial score (nSPS) is 13.8. The monoisotopic (exact) mass is 285 g/mol. The third kappa shape index (κ3) is 3.89. The first-order valence-corrected chi connectivity index (χ1v) is 6.29. The SMILES string of the molecule is CC(C)(C)C(CN)OCc1ccccc1Br. The van der Waals surface area contributed by atoms with Crippen LogP contribution in [0.25, 0.3) is 0 Å². The van der Waals surface area contributed by atoms with Crippen LogP contribution in [-0.2, 0) is 11.3 Å². The summed E-state index contributed by atoms with van der Waals surface area (Å²) in [5.41, 5.74) is 6.96. The minimum absolute atomic E-state index is 0.0794. The van der Waals surface area contributed by atoms with Crippen LogP contribution >= 0.6 is 15.9 Å². The van der Waals surface area contributed by atoms with Gasteiger partial charge in [0.25, 0.3) is 0 Å². The van der Waals surface area contributed by atoms with E-state index in [2.05, 4.69) is 42.8 Å². The summed E-state index contributed by atoms with van der Waals surface area (Å²) in [7, 11) is 0. The topological polar surface area (TPSA) is 35.2 Å². The highest BCUT2D eigenvalue weighted by Crippen LogP contribution is 2.24. The number of halogens is 1. The Hall–Kier alpha value is -0.380. The van der Waals surface area contributed by atoms with Crippen molar-refractivity contribution in [2.75, 3.05) is 6.54 Å². The van der Waals surface area contributed by atoms with Gasteiger partial charge in [-0.1, -0.05) is 54.9 Å². The Kier molecular flexibility index (Phi) is 4.96. The fourth-order valence-electron chi connectivity index (χ4n) is 1.48. The number of rotatable bonds is 4. The maximum absolute atomic E-state index is 5.87. The van der Waals surface area contributed by atoms with Gasteiger partial charge in [-0.3, -0.25) is 0 Å². The van der Waals surface area contributed by atoms with Crippen LogP contribution in [0.15, 0.2) is 28.7 Å². The van der Waals surface area contributed by atoms with Crippen molar-refractivity contribution >= 4 is 15.9 Å². The Morgan fingerprint density at radius 1 is 1.31 bits per heavy atom. The molecule has 0 saturated heterocycles. The number of nitrogens with two attached hydrogens (primary N) is 1. The van der Waals surface area contributed by atoms with Gasteiger partial charge in [0.1, 0.15) is 0 Å². The Balaban J connectivity index is 2.60. The summed E-state index contributed by atoms with van der Waals surface area (Å²) in [6.45, 7) is 7.58. The second-order valence-corrected chi connectivity index (χ2v) is 5.85. The molecule has 0 fully saturated rings. The molecule has 16 heavy (non-hydrogen) atoms. The predicted octanol–water partition coefficient (Wildman–Crippen LogP) is 3.34. The molecule has 1 rings (SSSR count). The highest BCUT2D eigenvalue weighted by molar-refractivity contribution is 9.10. The van der Waals surface area contributed by atoms with Gasteiger partial charge in [0, 0.05) is 11.0 Å². The molecule has 0 aromatic heterocycles. The molecule has 1 unspecified atom stereocenters. The lowest BCUT2D eigenvalue weighted by Crippen LogP contribution is -2.36. The van der Waals surface area contributed by atoms with E-state index in [1.807, 2.05) is 18.2 Å². The Morgan fingerprint density at radius 2 is 1.94 bits per heavy atom.